The van der Waals surface area contributed by atoms with E-state index < -0.39 is 0 Å². The number of benzene rings is 1. The molecule has 1 saturated carbocycles. The molecule has 0 atom stereocenters. The summed E-state index contributed by atoms with van der Waals surface area (Å²) in [5, 5.41) is 9.69. The fourth-order valence-corrected chi connectivity index (χ4v) is 3.12. The molecular formula is C17H26O. The summed E-state index contributed by atoms with van der Waals surface area (Å²) in [4.78, 5) is 0. The van der Waals surface area contributed by atoms with Crippen LogP contribution in [-0.4, -0.2) is 5.11 Å². The lowest BCUT2D eigenvalue weighted by Gasteiger charge is -2.23. The smallest absolute Gasteiger partial charge is 0.115 e. The number of aryl methyl sites for hydroxylation is 1. The van der Waals surface area contributed by atoms with Crippen molar-refractivity contribution >= 4 is 0 Å². The van der Waals surface area contributed by atoms with Gasteiger partial charge in [0, 0.05) is 0 Å². The molecular weight excluding hydrogens is 220 g/mol. The number of hydrogen-bond donors (Lipinski definition) is 1. The standard InChI is InChI=1S/C17H26O/c1-2-3-9-15-10-11-17(18)13-16(15)12-14-7-5-4-6-8-14/h10-11,13-14,18H,2-9,12H2,1H3. The van der Waals surface area contributed by atoms with Crippen LogP contribution in [0.15, 0.2) is 18.2 Å². The molecule has 18 heavy (non-hydrogen) atoms. The lowest BCUT2D eigenvalue weighted by molar-refractivity contribution is 0.355. The summed E-state index contributed by atoms with van der Waals surface area (Å²) < 4.78 is 0. The predicted octanol–water partition coefficient (Wildman–Crippen LogP) is 4.86. The third-order valence-corrected chi connectivity index (χ3v) is 4.22. The van der Waals surface area contributed by atoms with E-state index >= 15 is 0 Å². The molecule has 1 aromatic carbocycles. The Morgan fingerprint density at radius 2 is 1.89 bits per heavy atom. The van der Waals surface area contributed by atoms with Crippen LogP contribution in [0.5, 0.6) is 5.75 Å². The maximum Gasteiger partial charge on any atom is 0.115 e. The van der Waals surface area contributed by atoms with Gasteiger partial charge in [-0.15, -0.1) is 0 Å². The molecule has 0 aliphatic heterocycles. The Morgan fingerprint density at radius 1 is 1.11 bits per heavy atom. The van der Waals surface area contributed by atoms with Gasteiger partial charge in [-0.05, 0) is 48.4 Å². The predicted molar refractivity (Wildman–Crippen MR) is 77.0 cm³/mol. The van der Waals surface area contributed by atoms with Crippen molar-refractivity contribution < 1.29 is 5.11 Å². The molecule has 1 heteroatoms. The highest BCUT2D eigenvalue weighted by atomic mass is 16.3. The number of unbranched alkanes of at least 4 members (excludes halogenated alkanes) is 1. The van der Waals surface area contributed by atoms with Crippen LogP contribution in [0.3, 0.4) is 0 Å². The van der Waals surface area contributed by atoms with Gasteiger partial charge in [0.2, 0.25) is 0 Å². The van der Waals surface area contributed by atoms with Gasteiger partial charge >= 0.3 is 0 Å². The van der Waals surface area contributed by atoms with Gasteiger partial charge in [0.1, 0.15) is 5.75 Å². The van der Waals surface area contributed by atoms with E-state index in [1.54, 1.807) is 0 Å². The van der Waals surface area contributed by atoms with Crippen LogP contribution in [0.4, 0.5) is 0 Å². The summed E-state index contributed by atoms with van der Waals surface area (Å²) in [6, 6.07) is 5.97. The fraction of sp³-hybridized carbons (Fsp3) is 0.647. The maximum atomic E-state index is 9.69. The Hall–Kier alpha value is -0.980. The van der Waals surface area contributed by atoms with Gasteiger partial charge in [-0.3, -0.25) is 0 Å². The largest absolute Gasteiger partial charge is 0.508 e. The summed E-state index contributed by atoms with van der Waals surface area (Å²) in [5.74, 6) is 1.28. The molecule has 1 fully saturated rings. The maximum absolute atomic E-state index is 9.69. The minimum Gasteiger partial charge on any atom is -0.508 e. The molecule has 1 aliphatic rings. The SMILES string of the molecule is CCCCc1ccc(O)cc1CC1CCCCC1. The first-order valence-corrected chi connectivity index (χ1v) is 7.60. The van der Waals surface area contributed by atoms with Crippen molar-refractivity contribution in [1.29, 1.82) is 0 Å². The number of hydrogen-bond acceptors (Lipinski definition) is 1. The number of aromatic hydroxyl groups is 1. The molecule has 0 radical (unpaired) electrons. The van der Waals surface area contributed by atoms with Gasteiger partial charge in [-0.1, -0.05) is 51.5 Å². The van der Waals surface area contributed by atoms with Crippen molar-refractivity contribution in [2.45, 2.75) is 64.7 Å². The molecule has 1 aliphatic carbocycles. The lowest BCUT2D eigenvalue weighted by atomic mass is 9.83. The Bertz CT molecular complexity index is 364. The third-order valence-electron chi connectivity index (χ3n) is 4.22. The minimum atomic E-state index is 0.432. The number of rotatable bonds is 5. The van der Waals surface area contributed by atoms with Crippen molar-refractivity contribution in [2.75, 3.05) is 0 Å². The molecule has 100 valence electrons. The first-order valence-electron chi connectivity index (χ1n) is 7.60. The quantitative estimate of drug-likeness (QED) is 0.786. The Morgan fingerprint density at radius 3 is 2.61 bits per heavy atom. The lowest BCUT2D eigenvalue weighted by Crippen LogP contribution is -2.10. The Balaban J connectivity index is 2.05. The highest BCUT2D eigenvalue weighted by molar-refractivity contribution is 5.35. The zero-order valence-electron chi connectivity index (χ0n) is 11.6. The van der Waals surface area contributed by atoms with Crippen LogP contribution in [-0.2, 0) is 12.8 Å². The minimum absolute atomic E-state index is 0.432. The van der Waals surface area contributed by atoms with E-state index in [1.165, 1.54) is 68.9 Å². The van der Waals surface area contributed by atoms with E-state index in [9.17, 15) is 5.11 Å². The summed E-state index contributed by atoms with van der Waals surface area (Å²) in [6.07, 6.45) is 11.8. The zero-order chi connectivity index (χ0) is 12.8. The van der Waals surface area contributed by atoms with Crippen LogP contribution in [0.25, 0.3) is 0 Å². The van der Waals surface area contributed by atoms with Crippen LogP contribution < -0.4 is 0 Å². The topological polar surface area (TPSA) is 20.2 Å². The molecule has 1 N–H and O–H groups in total. The molecule has 0 aromatic heterocycles. The fourth-order valence-electron chi connectivity index (χ4n) is 3.12. The van der Waals surface area contributed by atoms with Gasteiger partial charge in [0.05, 0.1) is 0 Å². The highest BCUT2D eigenvalue weighted by Gasteiger charge is 2.15. The van der Waals surface area contributed by atoms with Crippen molar-refractivity contribution in [3.05, 3.63) is 29.3 Å². The molecule has 1 aromatic rings. The third kappa shape index (κ3) is 3.76. The molecule has 1 nitrogen and oxygen atoms in total. The first-order chi connectivity index (χ1) is 8.79. The normalized spacial score (nSPS) is 16.9. The second-order valence-electron chi connectivity index (χ2n) is 5.76. The van der Waals surface area contributed by atoms with Crippen molar-refractivity contribution in [2.24, 2.45) is 5.92 Å². The molecule has 0 amide bonds. The van der Waals surface area contributed by atoms with Crippen LogP contribution >= 0.6 is 0 Å². The van der Waals surface area contributed by atoms with Gasteiger partial charge < -0.3 is 5.11 Å². The van der Waals surface area contributed by atoms with E-state index in [1.807, 2.05) is 12.1 Å². The molecule has 0 bridgehead atoms. The van der Waals surface area contributed by atoms with Crippen LogP contribution in [0.2, 0.25) is 0 Å². The van der Waals surface area contributed by atoms with E-state index in [-0.39, 0.29) is 0 Å². The van der Waals surface area contributed by atoms with Crippen molar-refractivity contribution in [3.8, 4) is 5.75 Å². The Labute approximate surface area is 111 Å². The van der Waals surface area contributed by atoms with Crippen LogP contribution in [0.1, 0.15) is 63.0 Å². The van der Waals surface area contributed by atoms with Crippen LogP contribution in [0, 0.1) is 5.92 Å². The molecule has 0 heterocycles. The molecule has 0 unspecified atom stereocenters. The van der Waals surface area contributed by atoms with E-state index in [2.05, 4.69) is 13.0 Å². The Kier molecular flexibility index (Phi) is 5.10. The molecule has 0 spiro atoms. The second-order valence-corrected chi connectivity index (χ2v) is 5.76. The van der Waals surface area contributed by atoms with Gasteiger partial charge in [-0.2, -0.15) is 0 Å². The number of phenols is 1. The molecule has 0 saturated heterocycles. The summed E-state index contributed by atoms with van der Waals surface area (Å²) in [6.45, 7) is 2.24. The van der Waals surface area contributed by atoms with Gasteiger partial charge in [0.25, 0.3) is 0 Å². The first kappa shape index (κ1) is 13.5. The van der Waals surface area contributed by atoms with E-state index in [4.69, 9.17) is 0 Å². The second kappa shape index (κ2) is 6.82. The van der Waals surface area contributed by atoms with E-state index in [0.717, 1.165) is 5.92 Å². The number of phenolic OH excluding ortho intramolecular Hbond substituents is 1. The summed E-state index contributed by atoms with van der Waals surface area (Å²) in [7, 11) is 0. The summed E-state index contributed by atoms with van der Waals surface area (Å²) >= 11 is 0. The van der Waals surface area contributed by atoms with Crippen molar-refractivity contribution in [1.82, 2.24) is 0 Å². The van der Waals surface area contributed by atoms with Gasteiger partial charge in [0.15, 0.2) is 0 Å². The monoisotopic (exact) mass is 246 g/mol. The highest BCUT2D eigenvalue weighted by Crippen LogP contribution is 2.29. The van der Waals surface area contributed by atoms with Gasteiger partial charge in [-0.25, -0.2) is 0 Å². The zero-order valence-corrected chi connectivity index (χ0v) is 11.6. The van der Waals surface area contributed by atoms with E-state index in [0.29, 0.717) is 5.75 Å². The molecule has 2 rings (SSSR count). The average Bonchev–Trinajstić information content (AvgIpc) is 2.39. The summed E-state index contributed by atoms with van der Waals surface area (Å²) in [5.41, 5.74) is 2.86. The van der Waals surface area contributed by atoms with Crippen molar-refractivity contribution in [3.63, 3.8) is 0 Å². The average molecular weight is 246 g/mol.